The Kier molecular flexibility index (Phi) is 3.66. The summed E-state index contributed by atoms with van der Waals surface area (Å²) >= 11 is 11.5. The molecule has 1 saturated heterocycles. The SMILES string of the molecule is O=[N+]([O-])c1c(N2CCOCC2)cc(Cl)nc1Cl. The minimum absolute atomic E-state index is 0.141. The van der Waals surface area contributed by atoms with Crippen LogP contribution in [-0.2, 0) is 4.74 Å². The van der Waals surface area contributed by atoms with E-state index >= 15 is 0 Å². The number of hydrogen-bond acceptors (Lipinski definition) is 5. The van der Waals surface area contributed by atoms with Crippen molar-refractivity contribution >= 4 is 34.6 Å². The second-order valence-electron chi connectivity index (χ2n) is 3.46. The molecular weight excluding hydrogens is 269 g/mol. The highest BCUT2D eigenvalue weighted by atomic mass is 35.5. The highest BCUT2D eigenvalue weighted by Crippen LogP contribution is 2.36. The molecule has 0 amide bonds. The molecule has 1 aromatic heterocycles. The molecule has 0 N–H and O–H groups in total. The summed E-state index contributed by atoms with van der Waals surface area (Å²) < 4.78 is 5.19. The second kappa shape index (κ2) is 5.03. The standard InChI is InChI=1S/C9H9Cl2N3O3/c10-7-5-6(13-1-3-17-4-2-13)8(14(15)16)9(11)12-7/h5H,1-4H2. The Hall–Kier alpha value is -1.11. The molecular formula is C9H9Cl2N3O3. The van der Waals surface area contributed by atoms with Crippen molar-refractivity contribution in [3.63, 3.8) is 0 Å². The molecule has 0 spiro atoms. The lowest BCUT2D eigenvalue weighted by Gasteiger charge is -2.28. The van der Waals surface area contributed by atoms with E-state index in [-0.39, 0.29) is 16.0 Å². The van der Waals surface area contributed by atoms with Crippen molar-refractivity contribution < 1.29 is 9.66 Å². The molecule has 1 aliphatic heterocycles. The van der Waals surface area contributed by atoms with Crippen LogP contribution in [0.4, 0.5) is 11.4 Å². The first-order valence-electron chi connectivity index (χ1n) is 4.92. The van der Waals surface area contributed by atoms with E-state index in [2.05, 4.69) is 4.98 Å². The molecule has 2 heterocycles. The Bertz CT molecular complexity index is 449. The van der Waals surface area contributed by atoms with Gasteiger partial charge in [-0.25, -0.2) is 4.98 Å². The maximum atomic E-state index is 11.0. The van der Waals surface area contributed by atoms with E-state index in [0.29, 0.717) is 32.0 Å². The van der Waals surface area contributed by atoms with Gasteiger partial charge < -0.3 is 9.64 Å². The number of morpholine rings is 1. The van der Waals surface area contributed by atoms with E-state index in [0.717, 1.165) is 0 Å². The first-order valence-corrected chi connectivity index (χ1v) is 5.68. The number of nitrogens with zero attached hydrogens (tertiary/aromatic N) is 3. The minimum atomic E-state index is -0.545. The number of hydrogen-bond donors (Lipinski definition) is 0. The molecule has 2 rings (SSSR count). The van der Waals surface area contributed by atoms with Crippen molar-refractivity contribution in [1.29, 1.82) is 0 Å². The summed E-state index contributed by atoms with van der Waals surface area (Å²) in [6, 6.07) is 1.46. The lowest BCUT2D eigenvalue weighted by Crippen LogP contribution is -2.36. The third-order valence-electron chi connectivity index (χ3n) is 2.43. The topological polar surface area (TPSA) is 68.5 Å². The Morgan fingerprint density at radius 3 is 2.65 bits per heavy atom. The molecule has 0 aliphatic carbocycles. The Morgan fingerprint density at radius 1 is 1.41 bits per heavy atom. The van der Waals surface area contributed by atoms with Gasteiger partial charge >= 0.3 is 5.69 Å². The second-order valence-corrected chi connectivity index (χ2v) is 4.21. The molecule has 0 unspecified atom stereocenters. The fraction of sp³-hybridized carbons (Fsp3) is 0.444. The zero-order valence-corrected chi connectivity index (χ0v) is 10.2. The number of rotatable bonds is 2. The fourth-order valence-corrected chi connectivity index (χ4v) is 2.17. The molecule has 1 fully saturated rings. The monoisotopic (exact) mass is 277 g/mol. The van der Waals surface area contributed by atoms with E-state index < -0.39 is 4.92 Å². The normalized spacial score (nSPS) is 16.0. The van der Waals surface area contributed by atoms with Gasteiger partial charge in [0.15, 0.2) is 0 Å². The fourth-order valence-electron chi connectivity index (χ4n) is 1.68. The molecule has 0 radical (unpaired) electrons. The van der Waals surface area contributed by atoms with Gasteiger partial charge in [-0.1, -0.05) is 23.2 Å². The zero-order chi connectivity index (χ0) is 12.4. The van der Waals surface area contributed by atoms with E-state index in [4.69, 9.17) is 27.9 Å². The van der Waals surface area contributed by atoms with Gasteiger partial charge in [-0.3, -0.25) is 10.1 Å². The Morgan fingerprint density at radius 2 is 2.06 bits per heavy atom. The Balaban J connectivity index is 2.46. The maximum absolute atomic E-state index is 11.0. The Labute approximate surface area is 107 Å². The quantitative estimate of drug-likeness (QED) is 0.471. The number of anilines is 1. The van der Waals surface area contributed by atoms with Crippen LogP contribution < -0.4 is 4.90 Å². The van der Waals surface area contributed by atoms with Crippen molar-refractivity contribution in [1.82, 2.24) is 4.98 Å². The van der Waals surface area contributed by atoms with Gasteiger partial charge in [0, 0.05) is 19.2 Å². The van der Waals surface area contributed by atoms with Gasteiger partial charge in [0.2, 0.25) is 5.15 Å². The summed E-state index contributed by atoms with van der Waals surface area (Å²) in [7, 11) is 0. The van der Waals surface area contributed by atoms with Crippen molar-refractivity contribution in [3.8, 4) is 0 Å². The predicted molar refractivity (Wildman–Crippen MR) is 63.9 cm³/mol. The molecule has 0 aromatic carbocycles. The van der Waals surface area contributed by atoms with Crippen molar-refractivity contribution in [2.75, 3.05) is 31.2 Å². The molecule has 0 saturated carbocycles. The number of nitro groups is 1. The molecule has 92 valence electrons. The lowest BCUT2D eigenvalue weighted by atomic mass is 10.3. The van der Waals surface area contributed by atoms with Crippen LogP contribution >= 0.6 is 23.2 Å². The number of pyridine rings is 1. The third-order valence-corrected chi connectivity index (χ3v) is 2.89. The van der Waals surface area contributed by atoms with Crippen molar-refractivity contribution in [2.45, 2.75) is 0 Å². The molecule has 0 bridgehead atoms. The van der Waals surface area contributed by atoms with Crippen LogP contribution in [0.5, 0.6) is 0 Å². The minimum Gasteiger partial charge on any atom is -0.378 e. The van der Waals surface area contributed by atoms with Crippen LogP contribution in [0.15, 0.2) is 6.07 Å². The first-order chi connectivity index (χ1) is 8.09. The van der Waals surface area contributed by atoms with Crippen LogP contribution in [0.1, 0.15) is 0 Å². The summed E-state index contributed by atoms with van der Waals surface area (Å²) in [5, 5.41) is 10.9. The van der Waals surface area contributed by atoms with Gasteiger partial charge in [-0.15, -0.1) is 0 Å². The van der Waals surface area contributed by atoms with Crippen molar-refractivity contribution in [2.24, 2.45) is 0 Å². The average molecular weight is 278 g/mol. The summed E-state index contributed by atoms with van der Waals surface area (Å²) in [6.45, 7) is 2.18. The van der Waals surface area contributed by atoms with Crippen LogP contribution in [-0.4, -0.2) is 36.2 Å². The summed E-state index contributed by atoms with van der Waals surface area (Å²) in [5.74, 6) is 0. The highest BCUT2D eigenvalue weighted by Gasteiger charge is 2.26. The van der Waals surface area contributed by atoms with E-state index in [1.807, 2.05) is 4.90 Å². The van der Waals surface area contributed by atoms with Gasteiger partial charge in [0.1, 0.15) is 10.8 Å². The predicted octanol–water partition coefficient (Wildman–Crippen LogP) is 2.13. The van der Waals surface area contributed by atoms with Crippen molar-refractivity contribution in [3.05, 3.63) is 26.5 Å². The molecule has 1 aromatic rings. The summed E-state index contributed by atoms with van der Waals surface area (Å²) in [6.07, 6.45) is 0. The summed E-state index contributed by atoms with van der Waals surface area (Å²) in [4.78, 5) is 15.9. The molecule has 1 aliphatic rings. The van der Waals surface area contributed by atoms with Crippen LogP contribution in [0.3, 0.4) is 0 Å². The average Bonchev–Trinajstić information content (AvgIpc) is 2.28. The number of ether oxygens (including phenoxy) is 1. The smallest absolute Gasteiger partial charge is 0.329 e. The molecule has 8 heteroatoms. The molecule has 17 heavy (non-hydrogen) atoms. The molecule has 6 nitrogen and oxygen atoms in total. The number of aromatic nitrogens is 1. The number of halogens is 2. The van der Waals surface area contributed by atoms with Gasteiger partial charge in [0.05, 0.1) is 18.1 Å². The van der Waals surface area contributed by atoms with E-state index in [1.54, 1.807) is 0 Å². The van der Waals surface area contributed by atoms with E-state index in [9.17, 15) is 10.1 Å². The van der Waals surface area contributed by atoms with Crippen LogP contribution in [0.25, 0.3) is 0 Å². The third kappa shape index (κ3) is 2.59. The summed E-state index contributed by atoms with van der Waals surface area (Å²) in [5.41, 5.74) is 0.182. The van der Waals surface area contributed by atoms with Gasteiger partial charge in [0.25, 0.3) is 0 Å². The highest BCUT2D eigenvalue weighted by molar-refractivity contribution is 6.34. The van der Waals surface area contributed by atoms with Crippen LogP contribution in [0, 0.1) is 10.1 Å². The van der Waals surface area contributed by atoms with Crippen LogP contribution in [0.2, 0.25) is 10.3 Å². The molecule has 0 atom stereocenters. The maximum Gasteiger partial charge on any atom is 0.329 e. The lowest BCUT2D eigenvalue weighted by molar-refractivity contribution is -0.384. The first kappa shape index (κ1) is 12.3. The zero-order valence-electron chi connectivity index (χ0n) is 8.73. The van der Waals surface area contributed by atoms with Gasteiger partial charge in [-0.05, 0) is 0 Å². The largest absolute Gasteiger partial charge is 0.378 e. The van der Waals surface area contributed by atoms with Gasteiger partial charge in [-0.2, -0.15) is 0 Å². The van der Waals surface area contributed by atoms with E-state index in [1.165, 1.54) is 6.07 Å².